The fourth-order valence-electron chi connectivity index (χ4n) is 1.23. The molecule has 17 heavy (non-hydrogen) atoms. The van der Waals surface area contributed by atoms with Crippen molar-refractivity contribution in [2.45, 2.75) is 38.8 Å². The maximum Gasteiger partial charge on any atom is 0.407 e. The van der Waals surface area contributed by atoms with Gasteiger partial charge in [-0.3, -0.25) is 9.69 Å². The van der Waals surface area contributed by atoms with E-state index in [-0.39, 0.29) is 6.54 Å². The molecule has 0 aromatic heterocycles. The average Bonchev–Trinajstić information content (AvgIpc) is 2.07. The van der Waals surface area contributed by atoms with Gasteiger partial charge in [-0.2, -0.15) is 0 Å². The highest BCUT2D eigenvalue weighted by Gasteiger charge is 2.20. The highest BCUT2D eigenvalue weighted by Crippen LogP contribution is 2.06. The van der Waals surface area contributed by atoms with Crippen molar-refractivity contribution < 1.29 is 19.4 Å². The molecule has 0 spiro atoms. The molecule has 0 aliphatic rings. The molecule has 0 saturated carbocycles. The molecule has 1 amide bonds. The van der Waals surface area contributed by atoms with Crippen molar-refractivity contribution in [1.82, 2.24) is 10.2 Å². The molecule has 6 nitrogen and oxygen atoms in total. The quantitative estimate of drug-likeness (QED) is 0.754. The first-order valence-corrected chi connectivity index (χ1v) is 5.49. The van der Waals surface area contributed by atoms with Crippen molar-refractivity contribution in [2.75, 3.05) is 20.6 Å². The third kappa shape index (κ3) is 7.57. The minimum atomic E-state index is -0.902. The Hall–Kier alpha value is -1.30. The van der Waals surface area contributed by atoms with Crippen LogP contribution < -0.4 is 5.32 Å². The smallest absolute Gasteiger partial charge is 0.407 e. The topological polar surface area (TPSA) is 78.9 Å². The molecule has 0 radical (unpaired) electrons. The van der Waals surface area contributed by atoms with Gasteiger partial charge in [-0.15, -0.1) is 0 Å². The normalized spacial score (nSPS) is 13.3. The van der Waals surface area contributed by atoms with E-state index in [2.05, 4.69) is 5.32 Å². The van der Waals surface area contributed by atoms with E-state index in [4.69, 9.17) is 9.84 Å². The lowest BCUT2D eigenvalue weighted by atomic mass is 10.2. The molecule has 1 atom stereocenters. The van der Waals surface area contributed by atoms with Crippen LogP contribution in [0.25, 0.3) is 0 Å². The van der Waals surface area contributed by atoms with Crippen LogP contribution >= 0.6 is 0 Å². The van der Waals surface area contributed by atoms with Gasteiger partial charge >= 0.3 is 12.1 Å². The summed E-state index contributed by atoms with van der Waals surface area (Å²) in [6.07, 6.45) is -0.193. The molecule has 0 aromatic carbocycles. The van der Waals surface area contributed by atoms with Crippen LogP contribution in [0.2, 0.25) is 0 Å². The Bertz CT molecular complexity index is 271. The van der Waals surface area contributed by atoms with E-state index >= 15 is 0 Å². The number of likely N-dealkylation sites (N-methyl/N-ethyl adjacent to an activating group) is 1. The second kappa shape index (κ2) is 6.44. The van der Waals surface area contributed by atoms with Crippen LogP contribution in [0.1, 0.15) is 27.2 Å². The van der Waals surface area contributed by atoms with Crippen LogP contribution in [-0.2, 0) is 9.53 Å². The number of carboxylic acid groups (broad SMARTS) is 1. The van der Waals surface area contributed by atoms with Crippen molar-refractivity contribution in [2.24, 2.45) is 0 Å². The summed E-state index contributed by atoms with van der Waals surface area (Å²) in [4.78, 5) is 23.7. The van der Waals surface area contributed by atoms with Crippen molar-refractivity contribution in [3.8, 4) is 0 Å². The molecule has 0 heterocycles. The number of hydrogen-bond acceptors (Lipinski definition) is 4. The third-order valence-corrected chi connectivity index (χ3v) is 1.99. The Morgan fingerprint density at radius 3 is 2.24 bits per heavy atom. The third-order valence-electron chi connectivity index (χ3n) is 1.99. The monoisotopic (exact) mass is 246 g/mol. The Labute approximate surface area is 102 Å². The summed E-state index contributed by atoms with van der Waals surface area (Å²) in [5, 5.41) is 11.4. The van der Waals surface area contributed by atoms with Crippen LogP contribution in [0.5, 0.6) is 0 Å². The Balaban J connectivity index is 3.98. The molecule has 2 N–H and O–H groups in total. The fourth-order valence-corrected chi connectivity index (χ4v) is 1.23. The molecular formula is C11H22N2O4. The van der Waals surface area contributed by atoms with E-state index in [1.807, 2.05) is 0 Å². The van der Waals surface area contributed by atoms with Gasteiger partial charge in [-0.25, -0.2) is 4.79 Å². The maximum absolute atomic E-state index is 11.3. The van der Waals surface area contributed by atoms with Gasteiger partial charge in [0.25, 0.3) is 0 Å². The SMILES string of the molecule is CN(C)C(CCNC(=O)OC(C)(C)C)C(=O)O. The second-order valence-electron chi connectivity index (χ2n) is 5.03. The standard InChI is InChI=1S/C11H22N2O4/c1-11(2,3)17-10(16)12-7-6-8(9(14)15)13(4)5/h8H,6-7H2,1-5H3,(H,12,16)(H,14,15). The minimum absolute atomic E-state index is 0.268. The van der Waals surface area contributed by atoms with E-state index in [1.54, 1.807) is 39.8 Å². The van der Waals surface area contributed by atoms with E-state index < -0.39 is 23.7 Å². The lowest BCUT2D eigenvalue weighted by Gasteiger charge is -2.22. The number of hydrogen-bond donors (Lipinski definition) is 2. The van der Waals surface area contributed by atoms with Crippen LogP contribution in [0.3, 0.4) is 0 Å². The van der Waals surface area contributed by atoms with Crippen molar-refractivity contribution in [3.63, 3.8) is 0 Å². The molecule has 1 unspecified atom stereocenters. The number of alkyl carbamates (subject to hydrolysis) is 1. The molecule has 100 valence electrons. The van der Waals surface area contributed by atoms with Crippen LogP contribution in [0.15, 0.2) is 0 Å². The van der Waals surface area contributed by atoms with Gasteiger partial charge in [-0.05, 0) is 41.3 Å². The second-order valence-corrected chi connectivity index (χ2v) is 5.03. The first-order chi connectivity index (χ1) is 7.63. The largest absolute Gasteiger partial charge is 0.480 e. The lowest BCUT2D eigenvalue weighted by molar-refractivity contribution is -0.142. The highest BCUT2D eigenvalue weighted by molar-refractivity contribution is 5.73. The van der Waals surface area contributed by atoms with E-state index in [1.165, 1.54) is 0 Å². The summed E-state index contributed by atoms with van der Waals surface area (Å²) < 4.78 is 5.03. The zero-order valence-electron chi connectivity index (χ0n) is 11.1. The van der Waals surface area contributed by atoms with Crippen LogP contribution in [-0.4, -0.2) is 54.4 Å². The summed E-state index contributed by atoms with van der Waals surface area (Å²) in [5.74, 6) is -0.902. The predicted octanol–water partition coefficient (Wildman–Crippen LogP) is 0.916. The van der Waals surface area contributed by atoms with Gasteiger partial charge in [0.2, 0.25) is 0 Å². The summed E-state index contributed by atoms with van der Waals surface area (Å²) in [6.45, 7) is 5.58. The van der Waals surface area contributed by atoms with Crippen molar-refractivity contribution >= 4 is 12.1 Å². The predicted molar refractivity (Wildman–Crippen MR) is 64.0 cm³/mol. The van der Waals surface area contributed by atoms with Gasteiger partial charge < -0.3 is 15.2 Å². The number of ether oxygens (including phenoxy) is 1. The van der Waals surface area contributed by atoms with E-state index in [9.17, 15) is 9.59 Å². The van der Waals surface area contributed by atoms with Gasteiger partial charge in [-0.1, -0.05) is 0 Å². The molecular weight excluding hydrogens is 224 g/mol. The number of amides is 1. The van der Waals surface area contributed by atoms with Gasteiger partial charge in [0, 0.05) is 6.54 Å². The van der Waals surface area contributed by atoms with E-state index in [0.29, 0.717) is 6.42 Å². The zero-order valence-corrected chi connectivity index (χ0v) is 11.1. The summed E-state index contributed by atoms with van der Waals surface area (Å²) in [5.41, 5.74) is -0.544. The Morgan fingerprint density at radius 2 is 1.88 bits per heavy atom. The lowest BCUT2D eigenvalue weighted by Crippen LogP contribution is -2.40. The molecule has 0 saturated heterocycles. The number of rotatable bonds is 5. The number of nitrogens with one attached hydrogen (secondary N) is 1. The van der Waals surface area contributed by atoms with Crippen LogP contribution in [0, 0.1) is 0 Å². The number of carboxylic acids is 1. The van der Waals surface area contributed by atoms with Gasteiger partial charge in [0.15, 0.2) is 0 Å². The van der Waals surface area contributed by atoms with Crippen molar-refractivity contribution in [1.29, 1.82) is 0 Å². The number of aliphatic carboxylic acids is 1. The van der Waals surface area contributed by atoms with E-state index in [0.717, 1.165) is 0 Å². The average molecular weight is 246 g/mol. The summed E-state index contributed by atoms with van der Waals surface area (Å²) >= 11 is 0. The molecule has 0 aliphatic heterocycles. The number of nitrogens with zero attached hydrogens (tertiary/aromatic N) is 1. The highest BCUT2D eigenvalue weighted by atomic mass is 16.6. The van der Waals surface area contributed by atoms with Gasteiger partial charge in [0.1, 0.15) is 11.6 Å². The number of carbonyl (C=O) groups excluding carboxylic acids is 1. The van der Waals surface area contributed by atoms with Crippen LogP contribution in [0.4, 0.5) is 4.79 Å². The first-order valence-electron chi connectivity index (χ1n) is 5.49. The Kier molecular flexibility index (Phi) is 5.95. The molecule has 6 heteroatoms. The molecule has 0 aromatic rings. The molecule has 0 fully saturated rings. The number of carbonyl (C=O) groups is 2. The molecule has 0 aliphatic carbocycles. The Morgan fingerprint density at radius 1 is 1.35 bits per heavy atom. The summed E-state index contributed by atoms with van der Waals surface area (Å²) in [6, 6.07) is -0.607. The summed E-state index contributed by atoms with van der Waals surface area (Å²) in [7, 11) is 3.37. The molecule has 0 bridgehead atoms. The first kappa shape index (κ1) is 15.7. The maximum atomic E-state index is 11.3. The van der Waals surface area contributed by atoms with Crippen molar-refractivity contribution in [3.05, 3.63) is 0 Å². The minimum Gasteiger partial charge on any atom is -0.480 e. The molecule has 0 rings (SSSR count). The zero-order chi connectivity index (χ0) is 13.6. The fraction of sp³-hybridized carbons (Fsp3) is 0.818. The van der Waals surface area contributed by atoms with Gasteiger partial charge in [0.05, 0.1) is 0 Å².